The van der Waals surface area contributed by atoms with E-state index in [-0.39, 0.29) is 0 Å². The minimum Gasteiger partial charge on any atom is -0.455 e. The highest BCUT2D eigenvalue weighted by atomic mass is 32.1. The molecule has 0 spiro atoms. The van der Waals surface area contributed by atoms with Gasteiger partial charge >= 0.3 is 0 Å². The Hall–Kier alpha value is -10.4. The summed E-state index contributed by atoms with van der Waals surface area (Å²) in [5.41, 5.74) is 20.7. The Bertz CT molecular complexity index is 5400. The summed E-state index contributed by atoms with van der Waals surface area (Å²) in [5.74, 6) is 0. The van der Waals surface area contributed by atoms with Gasteiger partial charge in [-0.25, -0.2) is 4.98 Å². The highest BCUT2D eigenvalue weighted by molar-refractivity contribution is 7.29. The summed E-state index contributed by atoms with van der Waals surface area (Å²) in [6, 6.07) is 107. The van der Waals surface area contributed by atoms with Gasteiger partial charge in [-0.15, -0.1) is 22.7 Å². The molecule has 3 nitrogen and oxygen atoms in total. The van der Waals surface area contributed by atoms with Gasteiger partial charge in [-0.1, -0.05) is 212 Å². The molecule has 0 atom stereocenters. The highest BCUT2D eigenvalue weighted by Gasteiger charge is 2.46. The molecule has 0 saturated carbocycles. The summed E-state index contributed by atoms with van der Waals surface area (Å²) in [6.45, 7) is 0. The van der Waals surface area contributed by atoms with E-state index in [1.54, 1.807) is 0 Å². The minimum absolute atomic E-state index is 0.553. The van der Waals surface area contributed by atoms with E-state index in [9.17, 15) is 0 Å². The van der Waals surface area contributed by atoms with Crippen molar-refractivity contribution in [3.05, 3.63) is 313 Å². The zero-order valence-corrected chi connectivity index (χ0v) is 47.5. The molecule has 4 heterocycles. The van der Waals surface area contributed by atoms with Crippen LogP contribution in [-0.4, -0.2) is 4.98 Å². The zero-order chi connectivity index (χ0) is 55.7. The molecular formula is C80H48N2OS2. The van der Waals surface area contributed by atoms with E-state index < -0.39 is 5.41 Å². The van der Waals surface area contributed by atoms with Crippen LogP contribution in [-0.2, 0) is 5.41 Å². The van der Waals surface area contributed by atoms with Crippen LogP contribution in [0.4, 0.5) is 17.1 Å². The Kier molecular flexibility index (Phi) is 10.6. The molecule has 0 aliphatic heterocycles. The quantitative estimate of drug-likeness (QED) is 0.144. The van der Waals surface area contributed by atoms with E-state index in [2.05, 4.69) is 296 Å². The van der Waals surface area contributed by atoms with Crippen LogP contribution < -0.4 is 4.90 Å². The van der Waals surface area contributed by atoms with Gasteiger partial charge in [0.15, 0.2) is 0 Å². The van der Waals surface area contributed by atoms with Gasteiger partial charge in [0, 0.05) is 63.5 Å². The van der Waals surface area contributed by atoms with E-state index in [1.807, 2.05) is 22.7 Å². The second-order valence-corrected chi connectivity index (χ2v) is 24.6. The minimum atomic E-state index is -0.553. The Morgan fingerprint density at radius 1 is 0.341 bits per heavy atom. The van der Waals surface area contributed by atoms with Gasteiger partial charge < -0.3 is 9.32 Å². The normalized spacial score (nSPS) is 12.8. The third-order valence-corrected chi connectivity index (χ3v) is 20.2. The predicted octanol–water partition coefficient (Wildman–Crippen LogP) is 22.8. The number of anilines is 3. The molecule has 0 radical (unpaired) electrons. The third-order valence-electron chi connectivity index (χ3n) is 17.9. The van der Waals surface area contributed by atoms with Gasteiger partial charge in [0.05, 0.1) is 27.2 Å². The largest absolute Gasteiger partial charge is 0.455 e. The maximum Gasteiger partial charge on any atom is 0.144 e. The number of fused-ring (bicyclic) bond motifs is 6. The average molecular weight is 1120 g/mol. The van der Waals surface area contributed by atoms with Gasteiger partial charge in [0.1, 0.15) is 11.2 Å². The molecule has 18 rings (SSSR count). The summed E-state index contributed by atoms with van der Waals surface area (Å²) >= 11 is 3.71. The summed E-state index contributed by atoms with van der Waals surface area (Å²) in [7, 11) is 0. The Morgan fingerprint density at radius 2 is 0.906 bits per heavy atom. The monoisotopic (exact) mass is 1120 g/mol. The molecular weight excluding hydrogens is 1070 g/mol. The summed E-state index contributed by atoms with van der Waals surface area (Å²) in [5, 5.41) is 9.37. The van der Waals surface area contributed by atoms with Gasteiger partial charge in [-0.3, -0.25) is 0 Å². The average Bonchev–Trinajstić information content (AvgIpc) is 1.71. The molecule has 0 amide bonds. The highest BCUT2D eigenvalue weighted by Crippen LogP contribution is 2.59. The fourth-order valence-corrected chi connectivity index (χ4v) is 16.7. The molecule has 0 bridgehead atoms. The lowest BCUT2D eigenvalue weighted by Crippen LogP contribution is -2.28. The second kappa shape index (κ2) is 18.8. The molecule has 13 aromatic carbocycles. The molecule has 0 unspecified atom stereocenters. The molecule has 1 aliphatic rings. The summed E-state index contributed by atoms with van der Waals surface area (Å²) < 4.78 is 12.2. The number of pyridine rings is 1. The fourth-order valence-electron chi connectivity index (χ4n) is 14.1. The molecule has 0 saturated heterocycles. The first-order chi connectivity index (χ1) is 42.1. The van der Waals surface area contributed by atoms with E-state index in [0.29, 0.717) is 0 Å². The van der Waals surface area contributed by atoms with E-state index in [1.165, 1.54) is 80.2 Å². The Labute approximate surface area is 498 Å². The van der Waals surface area contributed by atoms with Gasteiger partial charge in [-0.05, 0) is 151 Å². The van der Waals surface area contributed by atoms with Gasteiger partial charge in [-0.2, -0.15) is 0 Å². The number of benzene rings is 13. The van der Waals surface area contributed by atoms with Gasteiger partial charge in [0.2, 0.25) is 0 Å². The number of nitrogens with zero attached hydrogens (tertiary/aromatic N) is 2. The zero-order valence-electron chi connectivity index (χ0n) is 45.8. The summed E-state index contributed by atoms with van der Waals surface area (Å²) in [6.07, 6.45) is 0. The molecule has 85 heavy (non-hydrogen) atoms. The molecule has 5 heteroatoms. The van der Waals surface area contributed by atoms with Crippen molar-refractivity contribution >= 4 is 113 Å². The van der Waals surface area contributed by atoms with Crippen LogP contribution in [0.15, 0.2) is 296 Å². The van der Waals surface area contributed by atoms with E-state index in [0.717, 1.165) is 88.1 Å². The smallest absolute Gasteiger partial charge is 0.144 e. The van der Waals surface area contributed by atoms with E-state index >= 15 is 0 Å². The van der Waals surface area contributed by atoms with Crippen molar-refractivity contribution in [2.75, 3.05) is 4.90 Å². The van der Waals surface area contributed by atoms with Crippen LogP contribution in [0.3, 0.4) is 0 Å². The third kappa shape index (κ3) is 7.28. The fraction of sp³-hybridized carbons (Fsp3) is 0.0125. The van der Waals surface area contributed by atoms with Crippen molar-refractivity contribution in [1.29, 1.82) is 0 Å². The SMILES string of the molecule is c1ccc(-c2ccc3cc(-c4cc(-c5ccc6c(c5)C(c5ccccc5)(c5ccccc5)c5ccccc5-6)cc(-c5ccc6oc7c8ccccc8cc8sc9c(N(c%10ccccc%10)c%10ccccc%10)cc%10sc5c6c%10c9c87)n4)ccc3c2)cc1. The molecule has 4 aromatic heterocycles. The van der Waals surface area contributed by atoms with Crippen LogP contribution in [0.25, 0.3) is 129 Å². The van der Waals surface area contributed by atoms with Crippen molar-refractivity contribution in [2.45, 2.75) is 5.41 Å². The Morgan fingerprint density at radius 3 is 1.65 bits per heavy atom. The van der Waals surface area contributed by atoms with Crippen LogP contribution in [0.1, 0.15) is 22.3 Å². The second-order valence-electron chi connectivity index (χ2n) is 22.5. The van der Waals surface area contributed by atoms with Crippen molar-refractivity contribution in [1.82, 2.24) is 4.98 Å². The van der Waals surface area contributed by atoms with Crippen LogP contribution in [0.5, 0.6) is 0 Å². The van der Waals surface area contributed by atoms with Crippen molar-refractivity contribution in [2.24, 2.45) is 0 Å². The molecule has 0 N–H and O–H groups in total. The molecule has 17 aromatic rings. The van der Waals surface area contributed by atoms with Crippen molar-refractivity contribution < 1.29 is 4.42 Å². The van der Waals surface area contributed by atoms with Crippen molar-refractivity contribution in [3.63, 3.8) is 0 Å². The van der Waals surface area contributed by atoms with Crippen LogP contribution in [0.2, 0.25) is 0 Å². The van der Waals surface area contributed by atoms with E-state index in [4.69, 9.17) is 9.40 Å². The lowest BCUT2D eigenvalue weighted by molar-refractivity contribution is 0.668. The predicted molar refractivity (Wildman–Crippen MR) is 360 cm³/mol. The summed E-state index contributed by atoms with van der Waals surface area (Å²) in [4.78, 5) is 8.24. The first-order valence-electron chi connectivity index (χ1n) is 29.0. The van der Waals surface area contributed by atoms with Crippen molar-refractivity contribution in [3.8, 4) is 55.9 Å². The van der Waals surface area contributed by atoms with Crippen LogP contribution in [0, 0.1) is 0 Å². The molecule has 396 valence electrons. The lowest BCUT2D eigenvalue weighted by atomic mass is 9.67. The number of aromatic nitrogens is 1. The van der Waals surface area contributed by atoms with Crippen LogP contribution >= 0.6 is 22.7 Å². The number of thiophene rings is 2. The lowest BCUT2D eigenvalue weighted by Gasteiger charge is -2.34. The number of rotatable bonds is 9. The topological polar surface area (TPSA) is 29.3 Å². The maximum absolute atomic E-state index is 7.45. The first kappa shape index (κ1) is 48.1. The first-order valence-corrected chi connectivity index (χ1v) is 30.6. The number of hydrogen-bond donors (Lipinski definition) is 0. The standard InChI is InChI=1S/C80H48N2OS2/c1-6-20-49(21-7-1)50-34-35-52-43-55(37-36-51(52)42-50)67-45-56(53-38-39-63-62-32-18-19-33-65(62)80(66(63)44-53,57-23-8-2-9-24-57)58-25-10-3-11-26-58)46-68(81-67)64-40-41-70-73-74-72(84-78(64)73)48-69(82(59-27-12-4-13-28-59)60-29-14-5-15-30-60)79-76(74)75-71(85-79)47-54-22-16-17-31-61(54)77(75)83-70/h1-48H. The number of hydrogen-bond acceptors (Lipinski definition) is 5. The molecule has 1 aliphatic carbocycles. The molecule has 0 fully saturated rings. The maximum atomic E-state index is 7.45. The van der Waals surface area contributed by atoms with Gasteiger partial charge in [0.25, 0.3) is 0 Å². The Balaban J connectivity index is 0.907. The number of para-hydroxylation sites is 2.